The van der Waals surface area contributed by atoms with Crippen LogP contribution in [0.1, 0.15) is 73.5 Å². The van der Waals surface area contributed by atoms with Crippen LogP contribution in [0.4, 0.5) is 0 Å². The van der Waals surface area contributed by atoms with Crippen molar-refractivity contribution in [2.45, 2.75) is 109 Å². The Morgan fingerprint density at radius 2 is 1.48 bits per heavy atom. The first-order valence-corrected chi connectivity index (χ1v) is 18.9. The molecule has 0 radical (unpaired) electrons. The van der Waals surface area contributed by atoms with Gasteiger partial charge in [-0.25, -0.2) is 4.79 Å². The van der Waals surface area contributed by atoms with Gasteiger partial charge in [-0.1, -0.05) is 93.6 Å². The lowest BCUT2D eigenvalue weighted by atomic mass is 9.91. The molecule has 0 aliphatic carbocycles. The van der Waals surface area contributed by atoms with Crippen LogP contribution >= 0.6 is 0 Å². The van der Waals surface area contributed by atoms with E-state index >= 15 is 0 Å². The Morgan fingerprint density at radius 1 is 0.818 bits per heavy atom. The molecule has 6 nitrogen and oxygen atoms in total. The topological polar surface area (TPSA) is 63.2 Å². The smallest absolute Gasteiger partial charge is 0.342 e. The minimum Gasteiger partial charge on any atom is -0.488 e. The van der Waals surface area contributed by atoms with E-state index in [1.54, 1.807) is 0 Å². The molecule has 0 amide bonds. The van der Waals surface area contributed by atoms with E-state index in [0.29, 0.717) is 50.4 Å². The lowest BCUT2D eigenvalue weighted by Crippen LogP contribution is -2.48. The number of cyclic esters (lactones) is 1. The Morgan fingerprint density at radius 3 is 2.16 bits per heavy atom. The molecule has 1 fully saturated rings. The fourth-order valence-corrected chi connectivity index (χ4v) is 7.20. The summed E-state index contributed by atoms with van der Waals surface area (Å²) in [4.78, 5) is 13.9. The quantitative estimate of drug-likeness (QED) is 0.130. The highest BCUT2D eigenvalue weighted by atomic mass is 28.4. The van der Waals surface area contributed by atoms with Crippen molar-refractivity contribution in [3.05, 3.63) is 101 Å². The fourth-order valence-electron chi connectivity index (χ4n) is 5.83. The second-order valence-corrected chi connectivity index (χ2v) is 18.5. The van der Waals surface area contributed by atoms with Gasteiger partial charge in [-0.2, -0.15) is 0 Å². The maximum atomic E-state index is 13.9. The predicted octanol–water partition coefficient (Wildman–Crippen LogP) is 8.28. The molecule has 1 saturated heterocycles. The number of hydrogen-bond acceptors (Lipinski definition) is 6. The van der Waals surface area contributed by atoms with Gasteiger partial charge in [0.2, 0.25) is 0 Å². The highest BCUT2D eigenvalue weighted by Gasteiger charge is 2.42. The third kappa shape index (κ3) is 8.60. The molecule has 236 valence electrons. The van der Waals surface area contributed by atoms with Crippen molar-refractivity contribution in [1.82, 2.24) is 0 Å². The molecular weight excluding hydrogens is 568 g/mol. The minimum absolute atomic E-state index is 0.0606. The Bertz CT molecular complexity index is 1350. The SMILES string of the molecule is CC(C)(C)[Si](C)(C)O[C@@H]1C[C@H]2Cc3cccc(OCc4ccccc4)c3C(=O)O[C@@H](CCOCc3ccccc3)C[C@H](C1)O2. The number of hydrogen-bond donors (Lipinski definition) is 0. The van der Waals surface area contributed by atoms with Crippen LogP contribution in [0.2, 0.25) is 18.1 Å². The molecule has 3 aromatic carbocycles. The van der Waals surface area contributed by atoms with E-state index in [-0.39, 0.29) is 35.4 Å². The monoisotopic (exact) mass is 616 g/mol. The Hall–Kier alpha value is -2.97. The molecule has 2 bridgehead atoms. The van der Waals surface area contributed by atoms with Crippen molar-refractivity contribution >= 4 is 14.3 Å². The second-order valence-electron chi connectivity index (χ2n) is 13.7. The summed E-state index contributed by atoms with van der Waals surface area (Å²) in [7, 11) is -1.98. The zero-order valence-corrected chi connectivity index (χ0v) is 27.9. The van der Waals surface area contributed by atoms with Crippen LogP contribution in [-0.4, -0.2) is 45.3 Å². The summed E-state index contributed by atoms with van der Waals surface area (Å²) in [6, 6.07) is 25.9. The highest BCUT2D eigenvalue weighted by molar-refractivity contribution is 6.74. The number of carbonyl (C=O) groups is 1. The van der Waals surface area contributed by atoms with Gasteiger partial charge in [0.05, 0.1) is 25.4 Å². The summed E-state index contributed by atoms with van der Waals surface area (Å²) in [5, 5.41) is 0.119. The second kappa shape index (κ2) is 14.4. The number of carbonyl (C=O) groups excluding carboxylic acids is 1. The van der Waals surface area contributed by atoms with Gasteiger partial charge in [0, 0.05) is 18.9 Å². The molecule has 2 aliphatic heterocycles. The molecule has 0 unspecified atom stereocenters. The Balaban J connectivity index is 1.38. The standard InChI is InChI=1S/C37H48O6Si/c1-37(2,3)44(4,5)43-33-23-31-21-29-17-12-18-34(40-26-28-15-10-7-11-16-28)35(29)36(38)42-30(22-32(24-33)41-31)19-20-39-25-27-13-8-6-9-14-27/h6-18,30-33H,19-26H2,1-5H3/t30-,31+,32+,33+/m0/s1. The first-order valence-electron chi connectivity index (χ1n) is 16.0. The van der Waals surface area contributed by atoms with Crippen molar-refractivity contribution in [2.75, 3.05) is 6.61 Å². The highest BCUT2D eigenvalue weighted by Crippen LogP contribution is 2.40. The minimum atomic E-state index is -1.98. The number of ether oxygens (including phenoxy) is 4. The average Bonchev–Trinajstić information content (AvgIpc) is 2.98. The molecule has 0 saturated carbocycles. The molecule has 2 aliphatic rings. The van der Waals surface area contributed by atoms with Crippen LogP contribution in [0.3, 0.4) is 0 Å². The largest absolute Gasteiger partial charge is 0.488 e. The van der Waals surface area contributed by atoms with Crippen LogP contribution in [-0.2, 0) is 38.3 Å². The van der Waals surface area contributed by atoms with Crippen molar-refractivity contribution in [3.8, 4) is 5.75 Å². The molecule has 0 spiro atoms. The Kier molecular flexibility index (Phi) is 10.6. The third-order valence-corrected chi connectivity index (χ3v) is 13.7. The van der Waals surface area contributed by atoms with Gasteiger partial charge in [-0.05, 0) is 60.2 Å². The van der Waals surface area contributed by atoms with Crippen molar-refractivity contribution < 1.29 is 28.2 Å². The Labute approximate surface area is 264 Å². The number of fused-ring (bicyclic) bond motifs is 3. The zero-order chi connectivity index (χ0) is 31.2. The van der Waals surface area contributed by atoms with Crippen LogP contribution in [0.15, 0.2) is 78.9 Å². The van der Waals surface area contributed by atoms with Gasteiger partial charge < -0.3 is 23.4 Å². The van der Waals surface area contributed by atoms with Gasteiger partial charge in [-0.3, -0.25) is 0 Å². The van der Waals surface area contributed by atoms with Gasteiger partial charge in [0.25, 0.3) is 0 Å². The fraction of sp³-hybridized carbons (Fsp3) is 0.486. The molecule has 7 heteroatoms. The normalized spacial score (nSPS) is 22.5. The van der Waals surface area contributed by atoms with Crippen molar-refractivity contribution in [1.29, 1.82) is 0 Å². The van der Waals surface area contributed by atoms with Crippen molar-refractivity contribution in [3.63, 3.8) is 0 Å². The lowest BCUT2D eigenvalue weighted by molar-refractivity contribution is -0.108. The molecule has 0 N–H and O–H groups in total. The van der Waals surface area contributed by atoms with E-state index in [0.717, 1.165) is 29.5 Å². The maximum Gasteiger partial charge on any atom is 0.342 e. The van der Waals surface area contributed by atoms with E-state index in [1.165, 1.54) is 0 Å². The molecule has 4 atom stereocenters. The zero-order valence-electron chi connectivity index (χ0n) is 26.9. The van der Waals surface area contributed by atoms with E-state index < -0.39 is 8.32 Å². The first-order chi connectivity index (χ1) is 21.1. The third-order valence-electron chi connectivity index (χ3n) is 9.20. The van der Waals surface area contributed by atoms with Gasteiger partial charge in [0.1, 0.15) is 24.0 Å². The molecule has 2 heterocycles. The van der Waals surface area contributed by atoms with Gasteiger partial charge >= 0.3 is 5.97 Å². The van der Waals surface area contributed by atoms with Crippen LogP contribution in [0.25, 0.3) is 0 Å². The molecule has 5 rings (SSSR count). The van der Waals surface area contributed by atoms with Crippen molar-refractivity contribution in [2.24, 2.45) is 0 Å². The number of rotatable bonds is 10. The summed E-state index contributed by atoms with van der Waals surface area (Å²) >= 11 is 0. The van der Waals surface area contributed by atoms with E-state index in [2.05, 4.69) is 46.0 Å². The number of esters is 1. The molecule has 3 aromatic rings. The summed E-state index contributed by atoms with van der Waals surface area (Å²) in [6.07, 6.45) is 3.02. The summed E-state index contributed by atoms with van der Waals surface area (Å²) < 4.78 is 32.2. The number of benzene rings is 3. The van der Waals surface area contributed by atoms with Crippen LogP contribution in [0.5, 0.6) is 5.75 Å². The van der Waals surface area contributed by atoms with Crippen LogP contribution < -0.4 is 4.74 Å². The first kappa shape index (κ1) is 32.4. The predicted molar refractivity (Wildman–Crippen MR) is 175 cm³/mol. The summed E-state index contributed by atoms with van der Waals surface area (Å²) in [5.74, 6) is 0.197. The lowest BCUT2D eigenvalue weighted by Gasteiger charge is -2.44. The summed E-state index contributed by atoms with van der Waals surface area (Å²) in [5.41, 5.74) is 3.54. The summed E-state index contributed by atoms with van der Waals surface area (Å²) in [6.45, 7) is 12.8. The molecule has 44 heavy (non-hydrogen) atoms. The van der Waals surface area contributed by atoms with E-state index in [4.69, 9.17) is 23.4 Å². The van der Waals surface area contributed by atoms with E-state index in [9.17, 15) is 4.79 Å². The molecule has 0 aromatic heterocycles. The van der Waals surface area contributed by atoms with Gasteiger partial charge in [0.15, 0.2) is 8.32 Å². The van der Waals surface area contributed by atoms with Crippen LogP contribution in [0, 0.1) is 0 Å². The van der Waals surface area contributed by atoms with E-state index in [1.807, 2.05) is 66.7 Å². The average molecular weight is 617 g/mol. The molecular formula is C37H48O6Si. The maximum absolute atomic E-state index is 13.9. The van der Waals surface area contributed by atoms with Gasteiger partial charge in [-0.15, -0.1) is 0 Å².